The first-order valence-electron chi connectivity index (χ1n) is 5.82. The van der Waals surface area contributed by atoms with Crippen LogP contribution in [0.5, 0.6) is 0 Å². The third-order valence-corrected chi connectivity index (χ3v) is 3.83. The highest BCUT2D eigenvalue weighted by molar-refractivity contribution is 5.83. The van der Waals surface area contributed by atoms with Gasteiger partial charge < -0.3 is 10.6 Å². The van der Waals surface area contributed by atoms with Gasteiger partial charge in [-0.25, -0.2) is 0 Å². The number of hydrogen-bond acceptors (Lipinski definition) is 2. The van der Waals surface area contributed by atoms with E-state index in [1.807, 2.05) is 6.92 Å². The van der Waals surface area contributed by atoms with Crippen molar-refractivity contribution in [1.29, 1.82) is 0 Å². The van der Waals surface area contributed by atoms with Crippen molar-refractivity contribution in [3.05, 3.63) is 12.7 Å². The first-order chi connectivity index (χ1) is 7.18. The fourth-order valence-electron chi connectivity index (χ4n) is 2.58. The van der Waals surface area contributed by atoms with Crippen LogP contribution in [0.25, 0.3) is 0 Å². The predicted octanol–water partition coefficient (Wildman–Crippen LogP) is 1.07. The van der Waals surface area contributed by atoms with Crippen molar-refractivity contribution in [2.24, 2.45) is 11.3 Å². The van der Waals surface area contributed by atoms with E-state index >= 15 is 0 Å². The van der Waals surface area contributed by atoms with Crippen LogP contribution in [-0.4, -0.2) is 25.0 Å². The van der Waals surface area contributed by atoms with Crippen molar-refractivity contribution in [3.8, 4) is 0 Å². The van der Waals surface area contributed by atoms with Crippen molar-refractivity contribution < 1.29 is 4.79 Å². The third-order valence-electron chi connectivity index (χ3n) is 3.83. The minimum absolute atomic E-state index is 0.0943. The highest BCUT2D eigenvalue weighted by Gasteiger charge is 2.57. The van der Waals surface area contributed by atoms with Gasteiger partial charge in [-0.1, -0.05) is 6.08 Å². The fourth-order valence-corrected chi connectivity index (χ4v) is 2.58. The molecule has 3 heteroatoms. The maximum Gasteiger partial charge on any atom is 0.224 e. The van der Waals surface area contributed by atoms with Crippen LogP contribution in [0.15, 0.2) is 12.7 Å². The molecular weight excluding hydrogens is 188 g/mol. The van der Waals surface area contributed by atoms with Crippen molar-refractivity contribution in [3.63, 3.8) is 0 Å². The minimum Gasteiger partial charge on any atom is -0.350 e. The maximum atomic E-state index is 11.9. The van der Waals surface area contributed by atoms with Gasteiger partial charge in [0.2, 0.25) is 5.91 Å². The molecule has 3 nitrogen and oxygen atoms in total. The Kier molecular flexibility index (Phi) is 2.83. The molecule has 0 aromatic carbocycles. The predicted molar refractivity (Wildman–Crippen MR) is 60.4 cm³/mol. The molecule has 0 aromatic rings. The van der Waals surface area contributed by atoms with Crippen LogP contribution in [-0.2, 0) is 4.79 Å². The van der Waals surface area contributed by atoms with E-state index in [0.717, 1.165) is 32.4 Å². The lowest BCUT2D eigenvalue weighted by Crippen LogP contribution is -2.36. The summed E-state index contributed by atoms with van der Waals surface area (Å²) in [5.41, 5.74) is 0.343. The zero-order chi connectivity index (χ0) is 10.9. The summed E-state index contributed by atoms with van der Waals surface area (Å²) in [6.07, 6.45) is 5.18. The van der Waals surface area contributed by atoms with Gasteiger partial charge in [0, 0.05) is 12.0 Å². The summed E-state index contributed by atoms with van der Waals surface area (Å²) in [4.78, 5) is 11.9. The number of nitrogens with one attached hydrogen (secondary N) is 2. The number of carbonyl (C=O) groups is 1. The van der Waals surface area contributed by atoms with Crippen LogP contribution in [0.2, 0.25) is 0 Å². The van der Waals surface area contributed by atoms with E-state index in [1.165, 1.54) is 0 Å². The van der Waals surface area contributed by atoms with Gasteiger partial charge in [-0.2, -0.15) is 0 Å². The zero-order valence-corrected chi connectivity index (χ0v) is 9.38. The van der Waals surface area contributed by atoms with Gasteiger partial charge in [-0.3, -0.25) is 4.79 Å². The van der Waals surface area contributed by atoms with Crippen LogP contribution in [0.3, 0.4) is 0 Å². The molecule has 15 heavy (non-hydrogen) atoms. The SMILES string of the molecule is C=CC(C)NC(=O)C1CC12CCNCC2. The topological polar surface area (TPSA) is 41.1 Å². The van der Waals surface area contributed by atoms with Crippen LogP contribution in [0.4, 0.5) is 0 Å². The smallest absolute Gasteiger partial charge is 0.224 e. The molecule has 0 bridgehead atoms. The fraction of sp³-hybridized carbons (Fsp3) is 0.750. The number of carbonyl (C=O) groups excluding carboxylic acids is 1. The quantitative estimate of drug-likeness (QED) is 0.681. The molecule has 2 N–H and O–H groups in total. The Morgan fingerprint density at radius 2 is 2.27 bits per heavy atom. The number of hydrogen-bond donors (Lipinski definition) is 2. The molecule has 1 spiro atoms. The molecule has 2 unspecified atom stereocenters. The zero-order valence-electron chi connectivity index (χ0n) is 9.38. The molecule has 2 aliphatic rings. The van der Waals surface area contributed by atoms with Crippen LogP contribution >= 0.6 is 0 Å². The summed E-state index contributed by atoms with van der Waals surface area (Å²) in [5.74, 6) is 0.492. The first kappa shape index (κ1) is 10.7. The van der Waals surface area contributed by atoms with E-state index in [9.17, 15) is 4.79 Å². The van der Waals surface area contributed by atoms with Crippen molar-refractivity contribution in [2.75, 3.05) is 13.1 Å². The summed E-state index contributed by atoms with van der Waals surface area (Å²) in [7, 11) is 0. The second kappa shape index (κ2) is 3.97. The number of rotatable bonds is 3. The average Bonchev–Trinajstić information content (AvgIpc) is 2.93. The van der Waals surface area contributed by atoms with Gasteiger partial charge in [-0.05, 0) is 44.7 Å². The van der Waals surface area contributed by atoms with Gasteiger partial charge >= 0.3 is 0 Å². The first-order valence-corrected chi connectivity index (χ1v) is 5.82. The third kappa shape index (κ3) is 2.07. The van der Waals surface area contributed by atoms with E-state index in [1.54, 1.807) is 6.08 Å². The van der Waals surface area contributed by atoms with E-state index in [4.69, 9.17) is 0 Å². The lowest BCUT2D eigenvalue weighted by Gasteiger charge is -2.23. The largest absolute Gasteiger partial charge is 0.350 e. The molecule has 1 saturated heterocycles. The maximum absolute atomic E-state index is 11.9. The minimum atomic E-state index is 0.0943. The Bertz CT molecular complexity index is 269. The van der Waals surface area contributed by atoms with Gasteiger partial charge in [0.25, 0.3) is 0 Å². The molecule has 1 heterocycles. The normalized spacial score (nSPS) is 29.5. The standard InChI is InChI=1S/C12H20N2O/c1-3-9(2)14-11(15)10-8-12(10)4-6-13-7-5-12/h3,9-10,13H,1,4-8H2,2H3,(H,14,15). The second-order valence-corrected chi connectivity index (χ2v) is 4.90. The summed E-state index contributed by atoms with van der Waals surface area (Å²) < 4.78 is 0. The lowest BCUT2D eigenvalue weighted by atomic mass is 9.91. The van der Waals surface area contributed by atoms with Gasteiger partial charge in [0.05, 0.1) is 0 Å². The van der Waals surface area contributed by atoms with Gasteiger partial charge in [0.15, 0.2) is 0 Å². The van der Waals surface area contributed by atoms with E-state index in [2.05, 4.69) is 17.2 Å². The summed E-state index contributed by atoms with van der Waals surface area (Å²) in [6, 6.07) is 0.0943. The molecule has 1 amide bonds. The monoisotopic (exact) mass is 208 g/mol. The Morgan fingerprint density at radius 1 is 1.60 bits per heavy atom. The molecule has 1 aliphatic carbocycles. The molecule has 1 saturated carbocycles. The van der Waals surface area contributed by atoms with Crippen molar-refractivity contribution >= 4 is 5.91 Å². The molecule has 0 radical (unpaired) electrons. The number of piperidine rings is 1. The van der Waals surface area contributed by atoms with E-state index < -0.39 is 0 Å². The van der Waals surface area contributed by atoms with E-state index in [0.29, 0.717) is 5.41 Å². The van der Waals surface area contributed by atoms with Gasteiger partial charge in [0.1, 0.15) is 0 Å². The number of amides is 1. The lowest BCUT2D eigenvalue weighted by molar-refractivity contribution is -0.123. The van der Waals surface area contributed by atoms with Crippen molar-refractivity contribution in [2.45, 2.75) is 32.2 Å². The molecule has 2 rings (SSSR count). The average molecular weight is 208 g/mol. The summed E-state index contributed by atoms with van der Waals surface area (Å²) in [6.45, 7) is 7.77. The highest BCUT2D eigenvalue weighted by Crippen LogP contribution is 2.58. The van der Waals surface area contributed by atoms with Crippen LogP contribution in [0.1, 0.15) is 26.2 Å². The Hall–Kier alpha value is -0.830. The molecule has 2 fully saturated rings. The Morgan fingerprint density at radius 3 is 2.87 bits per heavy atom. The Balaban J connectivity index is 1.86. The Labute approximate surface area is 91.3 Å². The molecule has 84 valence electrons. The van der Waals surface area contributed by atoms with Crippen molar-refractivity contribution in [1.82, 2.24) is 10.6 Å². The molecule has 1 aliphatic heterocycles. The molecular formula is C12H20N2O. The molecule has 0 aromatic heterocycles. The van der Waals surface area contributed by atoms with Crippen LogP contribution in [0, 0.1) is 11.3 Å². The van der Waals surface area contributed by atoms with Crippen LogP contribution < -0.4 is 10.6 Å². The summed E-state index contributed by atoms with van der Waals surface area (Å²) in [5, 5.41) is 6.33. The summed E-state index contributed by atoms with van der Waals surface area (Å²) >= 11 is 0. The molecule has 2 atom stereocenters. The van der Waals surface area contributed by atoms with Gasteiger partial charge in [-0.15, -0.1) is 6.58 Å². The van der Waals surface area contributed by atoms with E-state index in [-0.39, 0.29) is 17.9 Å². The second-order valence-electron chi connectivity index (χ2n) is 4.90. The highest BCUT2D eigenvalue weighted by atomic mass is 16.2.